The Labute approximate surface area is 157 Å². The van der Waals surface area contributed by atoms with Gasteiger partial charge in [0, 0.05) is 0 Å². The molecule has 0 bridgehead atoms. The van der Waals surface area contributed by atoms with Gasteiger partial charge in [-0.2, -0.15) is 22.7 Å². The lowest BCUT2D eigenvalue weighted by molar-refractivity contribution is 0.629. The molecule has 3 aromatic rings. The number of unbranched alkanes of at least 4 members (excludes halogenated alkanes) is 3. The molecule has 2 heteroatoms. The van der Waals surface area contributed by atoms with E-state index in [2.05, 4.69) is 73.7 Å². The SMILES string of the molecule is CCCCCC[B-](c1ccccc1)(c1ccccc1)c1cccc(F)c1. The number of benzene rings is 3. The summed E-state index contributed by atoms with van der Waals surface area (Å²) in [6.45, 7) is 2.24. The molecule has 0 N–H and O–H groups in total. The second-order valence-corrected chi connectivity index (χ2v) is 7.27. The summed E-state index contributed by atoms with van der Waals surface area (Å²) >= 11 is 0. The van der Waals surface area contributed by atoms with Gasteiger partial charge in [-0.3, -0.25) is 0 Å². The molecule has 0 aliphatic carbocycles. The second-order valence-electron chi connectivity index (χ2n) is 7.27. The van der Waals surface area contributed by atoms with Crippen molar-refractivity contribution in [2.24, 2.45) is 0 Å². The number of hydrogen-bond donors (Lipinski definition) is 0. The topological polar surface area (TPSA) is 0 Å². The molecule has 0 saturated heterocycles. The molecule has 0 nitrogen and oxygen atoms in total. The van der Waals surface area contributed by atoms with E-state index in [0.29, 0.717) is 0 Å². The second kappa shape index (κ2) is 8.85. The molecule has 0 heterocycles. The molecule has 0 radical (unpaired) electrons. The van der Waals surface area contributed by atoms with Crippen LogP contribution in [0.2, 0.25) is 6.32 Å². The highest BCUT2D eigenvalue weighted by atomic mass is 19.1. The van der Waals surface area contributed by atoms with E-state index in [-0.39, 0.29) is 5.82 Å². The molecule has 0 amide bonds. The maximum Gasteiger partial charge on any atom is 0.120 e. The maximum absolute atomic E-state index is 14.2. The van der Waals surface area contributed by atoms with Gasteiger partial charge in [0.15, 0.2) is 0 Å². The standard InChI is InChI=1S/C24H27BF/c1-2-3-4-11-19-25(21-13-7-5-8-14-21,22-15-9-6-10-16-22)23-17-12-18-24(26)20-23/h5-10,12-18,20H,2-4,11,19H2,1H3/q-1. The lowest BCUT2D eigenvalue weighted by Gasteiger charge is -2.43. The van der Waals surface area contributed by atoms with E-state index in [9.17, 15) is 4.39 Å². The highest BCUT2D eigenvalue weighted by Crippen LogP contribution is 2.18. The quantitative estimate of drug-likeness (QED) is 0.403. The minimum atomic E-state index is -1.19. The van der Waals surface area contributed by atoms with Crippen LogP contribution >= 0.6 is 0 Å². The van der Waals surface area contributed by atoms with E-state index in [1.54, 1.807) is 6.07 Å². The highest BCUT2D eigenvalue weighted by molar-refractivity contribution is 7.11. The monoisotopic (exact) mass is 345 g/mol. The molecular weight excluding hydrogens is 318 g/mol. The number of halogens is 1. The van der Waals surface area contributed by atoms with Crippen LogP contribution in [0, 0.1) is 5.82 Å². The zero-order valence-corrected chi connectivity index (χ0v) is 15.6. The van der Waals surface area contributed by atoms with Crippen molar-refractivity contribution in [1.82, 2.24) is 0 Å². The fourth-order valence-electron chi connectivity index (χ4n) is 4.33. The normalized spacial score (nSPS) is 11.5. The third-order valence-electron chi connectivity index (χ3n) is 5.65. The van der Waals surface area contributed by atoms with Crippen LogP contribution in [0.15, 0.2) is 84.9 Å². The van der Waals surface area contributed by atoms with E-state index in [1.165, 1.54) is 36.3 Å². The van der Waals surface area contributed by atoms with Gasteiger partial charge >= 0.3 is 0 Å². The molecule has 26 heavy (non-hydrogen) atoms. The van der Waals surface area contributed by atoms with Crippen LogP contribution in [-0.2, 0) is 0 Å². The fourth-order valence-corrected chi connectivity index (χ4v) is 4.33. The summed E-state index contributed by atoms with van der Waals surface area (Å²) in [5, 5.41) is 0. The lowest BCUT2D eigenvalue weighted by atomic mass is 9.14. The van der Waals surface area contributed by atoms with E-state index in [4.69, 9.17) is 0 Å². The molecule has 0 aromatic heterocycles. The Bertz CT molecular complexity index is 759. The molecule has 0 atom stereocenters. The summed E-state index contributed by atoms with van der Waals surface area (Å²) < 4.78 is 14.2. The molecule has 3 rings (SSSR count). The summed E-state index contributed by atoms with van der Waals surface area (Å²) in [5.74, 6) is -0.158. The van der Waals surface area contributed by atoms with Crippen LogP contribution in [0.3, 0.4) is 0 Å². The van der Waals surface area contributed by atoms with Gasteiger partial charge in [-0.1, -0.05) is 111 Å². The van der Waals surface area contributed by atoms with Gasteiger partial charge in [-0.05, 0) is 6.07 Å². The smallest absolute Gasteiger partial charge is 0.120 e. The third kappa shape index (κ3) is 3.90. The summed E-state index contributed by atoms with van der Waals surface area (Å²) in [4.78, 5) is 0. The van der Waals surface area contributed by atoms with Crippen molar-refractivity contribution in [3.05, 3.63) is 90.7 Å². The Balaban J connectivity index is 2.17. The van der Waals surface area contributed by atoms with Gasteiger partial charge in [0.1, 0.15) is 5.82 Å². The van der Waals surface area contributed by atoms with Crippen LogP contribution in [0.1, 0.15) is 32.6 Å². The molecule has 3 aromatic carbocycles. The minimum absolute atomic E-state index is 0.158. The molecule has 0 aliphatic heterocycles. The summed E-state index contributed by atoms with van der Waals surface area (Å²) in [6, 6.07) is 28.5. The molecule has 0 spiro atoms. The van der Waals surface area contributed by atoms with Crippen LogP contribution < -0.4 is 16.4 Å². The zero-order valence-electron chi connectivity index (χ0n) is 15.6. The molecule has 0 aliphatic rings. The first-order valence-corrected chi connectivity index (χ1v) is 9.81. The van der Waals surface area contributed by atoms with Crippen molar-refractivity contribution < 1.29 is 4.39 Å². The minimum Gasteiger partial charge on any atom is -0.207 e. The average molecular weight is 345 g/mol. The van der Waals surface area contributed by atoms with E-state index < -0.39 is 6.15 Å². The fraction of sp³-hybridized carbons (Fsp3) is 0.250. The lowest BCUT2D eigenvalue weighted by Crippen LogP contribution is -2.67. The largest absolute Gasteiger partial charge is 0.207 e. The van der Waals surface area contributed by atoms with Crippen LogP contribution in [0.5, 0.6) is 0 Å². The molecule has 134 valence electrons. The van der Waals surface area contributed by atoms with Crippen LogP contribution in [0.25, 0.3) is 0 Å². The highest BCUT2D eigenvalue weighted by Gasteiger charge is 2.29. The molecular formula is C24H27BF-. The molecule has 0 saturated carbocycles. The number of rotatable bonds is 8. The van der Waals surface area contributed by atoms with E-state index in [1.807, 2.05) is 6.07 Å². The zero-order chi connectivity index (χ0) is 18.2. The van der Waals surface area contributed by atoms with Gasteiger partial charge in [-0.25, -0.2) is 4.39 Å². The predicted octanol–water partition coefficient (Wildman–Crippen LogP) is 4.88. The Morgan fingerprint density at radius 3 is 1.77 bits per heavy atom. The Morgan fingerprint density at radius 1 is 0.654 bits per heavy atom. The van der Waals surface area contributed by atoms with Gasteiger partial charge in [0.25, 0.3) is 0 Å². The van der Waals surface area contributed by atoms with E-state index in [0.717, 1.165) is 18.2 Å². The summed E-state index contributed by atoms with van der Waals surface area (Å²) in [5.41, 5.74) is 3.68. The first-order chi connectivity index (χ1) is 12.8. The molecule has 0 unspecified atom stereocenters. The summed E-state index contributed by atoms with van der Waals surface area (Å²) in [6.07, 6.45) is 4.68. The number of hydrogen-bond acceptors (Lipinski definition) is 0. The van der Waals surface area contributed by atoms with Gasteiger partial charge < -0.3 is 0 Å². The average Bonchev–Trinajstić information content (AvgIpc) is 2.70. The molecule has 0 fully saturated rings. The van der Waals surface area contributed by atoms with Crippen molar-refractivity contribution in [3.8, 4) is 0 Å². The first kappa shape index (κ1) is 18.4. The predicted molar refractivity (Wildman–Crippen MR) is 113 cm³/mol. The Kier molecular flexibility index (Phi) is 6.28. The van der Waals surface area contributed by atoms with Gasteiger partial charge in [0.05, 0.1) is 6.15 Å². The van der Waals surface area contributed by atoms with Crippen molar-refractivity contribution >= 4 is 22.5 Å². The van der Waals surface area contributed by atoms with Crippen LogP contribution in [-0.4, -0.2) is 6.15 Å². The Morgan fingerprint density at radius 2 is 1.23 bits per heavy atom. The maximum atomic E-state index is 14.2. The Hall–Kier alpha value is -2.35. The van der Waals surface area contributed by atoms with Gasteiger partial charge in [0.2, 0.25) is 0 Å². The van der Waals surface area contributed by atoms with Gasteiger partial charge in [-0.15, -0.1) is 0 Å². The van der Waals surface area contributed by atoms with Crippen LogP contribution in [0.4, 0.5) is 4.39 Å². The first-order valence-electron chi connectivity index (χ1n) is 9.81. The van der Waals surface area contributed by atoms with Crippen molar-refractivity contribution in [1.29, 1.82) is 0 Å². The van der Waals surface area contributed by atoms with E-state index >= 15 is 0 Å². The van der Waals surface area contributed by atoms with Crippen molar-refractivity contribution in [2.45, 2.75) is 38.9 Å². The van der Waals surface area contributed by atoms with Crippen molar-refractivity contribution in [2.75, 3.05) is 0 Å². The van der Waals surface area contributed by atoms with Crippen molar-refractivity contribution in [3.63, 3.8) is 0 Å². The summed E-state index contributed by atoms with van der Waals surface area (Å²) in [7, 11) is 0. The third-order valence-corrected chi connectivity index (χ3v) is 5.65.